The maximum atomic E-state index is 11.4. The molecule has 6 heteroatoms. The van der Waals surface area contributed by atoms with Gasteiger partial charge in [-0.25, -0.2) is 0 Å². The van der Waals surface area contributed by atoms with E-state index in [4.69, 9.17) is 0 Å². The molecule has 1 unspecified atom stereocenters. The number of carbonyl (C=O) groups excluding carboxylic acids is 3. The Kier molecular flexibility index (Phi) is 17.9. The lowest BCUT2D eigenvalue weighted by atomic mass is 10.1. The summed E-state index contributed by atoms with van der Waals surface area (Å²) in [6.45, 7) is 9.87. The van der Waals surface area contributed by atoms with Gasteiger partial charge in [0.15, 0.2) is 0 Å². The van der Waals surface area contributed by atoms with Gasteiger partial charge in [0.2, 0.25) is 17.7 Å². The minimum atomic E-state index is 0.199. The predicted octanol–water partition coefficient (Wildman–Crippen LogP) is 3.79. The van der Waals surface area contributed by atoms with Crippen LogP contribution in [0.15, 0.2) is 0 Å². The van der Waals surface area contributed by atoms with Crippen LogP contribution in [0.5, 0.6) is 0 Å². The van der Waals surface area contributed by atoms with Gasteiger partial charge in [0.05, 0.1) is 0 Å². The van der Waals surface area contributed by atoms with Crippen LogP contribution in [-0.4, -0.2) is 73.7 Å². The number of carbonyl (C=O) groups is 3. The normalized spacial score (nSPS) is 14.6. The predicted molar refractivity (Wildman–Crippen MR) is 117 cm³/mol. The van der Waals surface area contributed by atoms with Crippen molar-refractivity contribution < 1.29 is 14.4 Å². The molecule has 0 radical (unpaired) electrons. The van der Waals surface area contributed by atoms with Gasteiger partial charge in [0.25, 0.3) is 0 Å². The van der Waals surface area contributed by atoms with Crippen molar-refractivity contribution in [2.24, 2.45) is 5.92 Å². The number of nitrogens with zero attached hydrogens (tertiary/aromatic N) is 3. The second kappa shape index (κ2) is 17.5. The molecule has 6 nitrogen and oxygen atoms in total. The minimum absolute atomic E-state index is 0.199. The molecule has 0 aliphatic carbocycles. The number of amides is 3. The second-order valence-corrected chi connectivity index (χ2v) is 7.71. The average molecular weight is 400 g/mol. The molecule has 1 aliphatic heterocycles. The van der Waals surface area contributed by atoms with E-state index in [0.29, 0.717) is 12.3 Å². The molecule has 166 valence electrons. The molecule has 0 aromatic carbocycles. The molecular formula is C22H45N3O3. The lowest BCUT2D eigenvalue weighted by Crippen LogP contribution is -2.31. The third kappa shape index (κ3) is 14.5. The first-order chi connectivity index (χ1) is 13.1. The van der Waals surface area contributed by atoms with E-state index in [-0.39, 0.29) is 17.7 Å². The summed E-state index contributed by atoms with van der Waals surface area (Å²) in [6.07, 6.45) is 7.95. The highest BCUT2D eigenvalue weighted by atomic mass is 16.2. The maximum Gasteiger partial charge on any atom is 0.225 e. The average Bonchev–Trinajstić information content (AvgIpc) is 2.85. The molecule has 0 N–H and O–H groups in total. The van der Waals surface area contributed by atoms with Crippen LogP contribution in [0.2, 0.25) is 0 Å². The van der Waals surface area contributed by atoms with Crippen LogP contribution in [0.25, 0.3) is 0 Å². The van der Waals surface area contributed by atoms with Gasteiger partial charge in [-0.1, -0.05) is 33.6 Å². The third-order valence-electron chi connectivity index (χ3n) is 4.77. The fourth-order valence-electron chi connectivity index (χ4n) is 2.64. The summed E-state index contributed by atoms with van der Waals surface area (Å²) in [4.78, 5) is 38.2. The number of likely N-dealkylation sites (tertiary alicyclic amines) is 1. The molecule has 0 saturated carbocycles. The van der Waals surface area contributed by atoms with E-state index in [1.54, 1.807) is 23.9 Å². The summed E-state index contributed by atoms with van der Waals surface area (Å²) in [5, 5.41) is 0. The van der Waals surface area contributed by atoms with E-state index in [2.05, 4.69) is 6.92 Å². The Hall–Kier alpha value is -1.59. The largest absolute Gasteiger partial charge is 0.349 e. The summed E-state index contributed by atoms with van der Waals surface area (Å²) in [6, 6.07) is 0. The fourth-order valence-corrected chi connectivity index (χ4v) is 2.64. The maximum absolute atomic E-state index is 11.4. The van der Waals surface area contributed by atoms with Gasteiger partial charge in [-0.3, -0.25) is 14.4 Å². The molecule has 1 rings (SSSR count). The quantitative estimate of drug-likeness (QED) is 0.682. The van der Waals surface area contributed by atoms with Crippen LogP contribution >= 0.6 is 0 Å². The van der Waals surface area contributed by atoms with Crippen LogP contribution in [0.3, 0.4) is 0 Å². The smallest absolute Gasteiger partial charge is 0.225 e. The second-order valence-electron chi connectivity index (χ2n) is 7.71. The molecule has 1 aliphatic rings. The molecule has 28 heavy (non-hydrogen) atoms. The molecular weight excluding hydrogens is 354 g/mol. The van der Waals surface area contributed by atoms with Crippen molar-refractivity contribution in [3.8, 4) is 0 Å². The van der Waals surface area contributed by atoms with Crippen LogP contribution in [0.1, 0.15) is 79.1 Å². The molecule has 1 fully saturated rings. The highest BCUT2D eigenvalue weighted by molar-refractivity contribution is 5.78. The van der Waals surface area contributed by atoms with Crippen molar-refractivity contribution in [1.82, 2.24) is 14.7 Å². The SMILES string of the molecule is CCCC(=O)N(C)C.CCCC(C)C(=O)N(C)CC.CN1CCCCCC1=O. The Labute approximate surface area is 173 Å². The van der Waals surface area contributed by atoms with Gasteiger partial charge in [-0.2, -0.15) is 0 Å². The molecule has 1 heterocycles. The lowest BCUT2D eigenvalue weighted by Gasteiger charge is -2.18. The molecule has 1 atom stereocenters. The molecule has 3 amide bonds. The van der Waals surface area contributed by atoms with Crippen molar-refractivity contribution in [3.63, 3.8) is 0 Å². The first kappa shape index (κ1) is 28.6. The Morgan fingerprint density at radius 1 is 1.04 bits per heavy atom. The molecule has 0 aromatic rings. The number of hydrogen-bond acceptors (Lipinski definition) is 3. The monoisotopic (exact) mass is 399 g/mol. The van der Waals surface area contributed by atoms with E-state index in [1.807, 2.05) is 39.8 Å². The summed E-state index contributed by atoms with van der Waals surface area (Å²) in [7, 11) is 7.29. The van der Waals surface area contributed by atoms with Crippen LogP contribution in [0, 0.1) is 5.92 Å². The van der Waals surface area contributed by atoms with Crippen LogP contribution < -0.4 is 0 Å². The zero-order valence-corrected chi connectivity index (χ0v) is 19.7. The van der Waals surface area contributed by atoms with Gasteiger partial charge < -0.3 is 14.7 Å². The highest BCUT2D eigenvalue weighted by Gasteiger charge is 2.14. The number of hydrogen-bond donors (Lipinski definition) is 0. The van der Waals surface area contributed by atoms with Crippen molar-refractivity contribution in [2.75, 3.05) is 41.3 Å². The van der Waals surface area contributed by atoms with E-state index in [1.165, 1.54) is 12.8 Å². The van der Waals surface area contributed by atoms with Gasteiger partial charge in [-0.15, -0.1) is 0 Å². The molecule has 0 bridgehead atoms. The highest BCUT2D eigenvalue weighted by Crippen LogP contribution is 2.08. The Morgan fingerprint density at radius 3 is 2.07 bits per heavy atom. The molecule has 1 saturated heterocycles. The van der Waals surface area contributed by atoms with Crippen LogP contribution in [0.4, 0.5) is 0 Å². The Morgan fingerprint density at radius 2 is 1.64 bits per heavy atom. The van der Waals surface area contributed by atoms with E-state index in [0.717, 1.165) is 45.2 Å². The van der Waals surface area contributed by atoms with Gasteiger partial charge >= 0.3 is 0 Å². The topological polar surface area (TPSA) is 60.9 Å². The van der Waals surface area contributed by atoms with E-state index >= 15 is 0 Å². The summed E-state index contributed by atoms with van der Waals surface area (Å²) in [5.41, 5.74) is 0. The third-order valence-corrected chi connectivity index (χ3v) is 4.77. The zero-order valence-electron chi connectivity index (χ0n) is 19.7. The minimum Gasteiger partial charge on any atom is -0.349 e. The Balaban J connectivity index is 0. The standard InChI is InChI=1S/C9H19NO.C7H13NO.C6H13NO/c1-5-7-8(3)9(11)10(4)6-2;1-8-6-4-2-3-5-7(8)9;1-4-5-6(8)7(2)3/h8H,5-7H2,1-4H3;2-6H2,1H3;4-5H2,1-3H3. The number of rotatable bonds is 6. The summed E-state index contributed by atoms with van der Waals surface area (Å²) >= 11 is 0. The van der Waals surface area contributed by atoms with Gasteiger partial charge in [-0.05, 0) is 32.6 Å². The van der Waals surface area contributed by atoms with Gasteiger partial charge in [0.1, 0.15) is 0 Å². The Bertz CT molecular complexity index is 439. The fraction of sp³-hybridized carbons (Fsp3) is 0.864. The summed E-state index contributed by atoms with van der Waals surface area (Å²) in [5.74, 6) is 0.999. The zero-order chi connectivity index (χ0) is 22.1. The van der Waals surface area contributed by atoms with Crippen molar-refractivity contribution >= 4 is 17.7 Å². The van der Waals surface area contributed by atoms with Crippen LogP contribution in [-0.2, 0) is 14.4 Å². The molecule has 0 aromatic heterocycles. The lowest BCUT2D eigenvalue weighted by molar-refractivity contribution is -0.133. The first-order valence-corrected chi connectivity index (χ1v) is 10.8. The van der Waals surface area contributed by atoms with E-state index < -0.39 is 0 Å². The van der Waals surface area contributed by atoms with E-state index in [9.17, 15) is 14.4 Å². The van der Waals surface area contributed by atoms with Crippen molar-refractivity contribution in [1.29, 1.82) is 0 Å². The summed E-state index contributed by atoms with van der Waals surface area (Å²) < 4.78 is 0. The van der Waals surface area contributed by atoms with Gasteiger partial charge in [0, 0.05) is 60.0 Å². The molecule has 0 spiro atoms. The first-order valence-electron chi connectivity index (χ1n) is 10.8. The van der Waals surface area contributed by atoms with Crippen molar-refractivity contribution in [3.05, 3.63) is 0 Å². The van der Waals surface area contributed by atoms with Crippen molar-refractivity contribution in [2.45, 2.75) is 79.1 Å².